The monoisotopic (exact) mass is 350 g/mol. The van der Waals surface area contributed by atoms with Gasteiger partial charge in [0.05, 0.1) is 6.54 Å². The zero-order valence-electron chi connectivity index (χ0n) is 15.4. The lowest BCUT2D eigenvalue weighted by Crippen LogP contribution is -2.19. The van der Waals surface area contributed by atoms with E-state index in [1.165, 1.54) is 5.56 Å². The summed E-state index contributed by atoms with van der Waals surface area (Å²) in [5.41, 5.74) is 2.29. The minimum Gasteiger partial charge on any atom is -0.492 e. The van der Waals surface area contributed by atoms with E-state index >= 15 is 0 Å². The standard InChI is InChI=1S/C22H26N2O2/c1-24(2)13-14-25-20-10-6-7-18(15-20)16-23-17-21-11-12-22(26-21)19-8-4-3-5-9-19/h3-12,15,23H,13-14,16-17H2,1-2H3. The fourth-order valence-corrected chi connectivity index (χ4v) is 2.65. The van der Waals surface area contributed by atoms with E-state index in [0.29, 0.717) is 13.2 Å². The van der Waals surface area contributed by atoms with Gasteiger partial charge < -0.3 is 19.4 Å². The smallest absolute Gasteiger partial charge is 0.134 e. The Labute approximate surface area is 155 Å². The maximum atomic E-state index is 5.92. The normalized spacial score (nSPS) is 11.0. The Kier molecular flexibility index (Phi) is 6.47. The van der Waals surface area contributed by atoms with Crippen molar-refractivity contribution in [2.75, 3.05) is 27.2 Å². The van der Waals surface area contributed by atoms with Gasteiger partial charge in [-0.3, -0.25) is 0 Å². The first-order valence-corrected chi connectivity index (χ1v) is 8.92. The van der Waals surface area contributed by atoms with Crippen LogP contribution in [0.3, 0.4) is 0 Å². The Morgan fingerprint density at radius 1 is 0.923 bits per heavy atom. The van der Waals surface area contributed by atoms with E-state index in [9.17, 15) is 0 Å². The van der Waals surface area contributed by atoms with E-state index in [1.807, 2.05) is 56.6 Å². The molecule has 0 bridgehead atoms. The van der Waals surface area contributed by atoms with Crippen molar-refractivity contribution in [3.8, 4) is 17.1 Å². The lowest BCUT2D eigenvalue weighted by atomic mass is 10.2. The summed E-state index contributed by atoms with van der Waals surface area (Å²) in [5, 5.41) is 3.43. The van der Waals surface area contributed by atoms with Gasteiger partial charge in [0.2, 0.25) is 0 Å². The number of ether oxygens (including phenoxy) is 1. The summed E-state index contributed by atoms with van der Waals surface area (Å²) in [4.78, 5) is 2.11. The van der Waals surface area contributed by atoms with Crippen LogP contribution in [0.4, 0.5) is 0 Å². The fourth-order valence-electron chi connectivity index (χ4n) is 2.65. The highest BCUT2D eigenvalue weighted by molar-refractivity contribution is 5.57. The molecule has 3 aromatic rings. The molecule has 136 valence electrons. The minimum atomic E-state index is 0.693. The Hall–Kier alpha value is -2.56. The molecular formula is C22H26N2O2. The SMILES string of the molecule is CN(C)CCOc1cccc(CNCc2ccc(-c3ccccc3)o2)c1. The predicted molar refractivity (Wildman–Crippen MR) is 105 cm³/mol. The maximum absolute atomic E-state index is 5.92. The van der Waals surface area contributed by atoms with E-state index in [0.717, 1.165) is 35.9 Å². The van der Waals surface area contributed by atoms with Gasteiger partial charge in [0, 0.05) is 18.7 Å². The lowest BCUT2D eigenvalue weighted by molar-refractivity contribution is 0.261. The number of nitrogens with zero attached hydrogens (tertiary/aromatic N) is 1. The van der Waals surface area contributed by atoms with Gasteiger partial charge in [-0.1, -0.05) is 42.5 Å². The van der Waals surface area contributed by atoms with E-state index < -0.39 is 0 Å². The molecule has 0 aliphatic carbocycles. The van der Waals surface area contributed by atoms with Gasteiger partial charge in [-0.05, 0) is 43.9 Å². The second kappa shape index (κ2) is 9.22. The summed E-state index contributed by atoms with van der Waals surface area (Å²) < 4.78 is 11.7. The van der Waals surface area contributed by atoms with Gasteiger partial charge in [-0.15, -0.1) is 0 Å². The highest BCUT2D eigenvalue weighted by Gasteiger charge is 2.04. The largest absolute Gasteiger partial charge is 0.492 e. The number of benzene rings is 2. The van der Waals surface area contributed by atoms with Crippen LogP contribution in [-0.2, 0) is 13.1 Å². The maximum Gasteiger partial charge on any atom is 0.134 e. The van der Waals surface area contributed by atoms with Gasteiger partial charge >= 0.3 is 0 Å². The molecule has 2 aromatic carbocycles. The minimum absolute atomic E-state index is 0.693. The average molecular weight is 350 g/mol. The first-order chi connectivity index (χ1) is 12.7. The number of likely N-dealkylation sites (N-methyl/N-ethyl adjacent to an activating group) is 1. The van der Waals surface area contributed by atoms with Gasteiger partial charge in [0.1, 0.15) is 23.9 Å². The van der Waals surface area contributed by atoms with E-state index in [2.05, 4.69) is 34.5 Å². The number of hydrogen-bond acceptors (Lipinski definition) is 4. The van der Waals surface area contributed by atoms with Gasteiger partial charge in [0.25, 0.3) is 0 Å². The highest BCUT2D eigenvalue weighted by atomic mass is 16.5. The number of nitrogens with one attached hydrogen (secondary N) is 1. The number of furan rings is 1. The first-order valence-electron chi connectivity index (χ1n) is 8.92. The molecule has 0 atom stereocenters. The molecule has 0 aliphatic heterocycles. The summed E-state index contributed by atoms with van der Waals surface area (Å²) >= 11 is 0. The van der Waals surface area contributed by atoms with Crippen LogP contribution in [0.15, 0.2) is 71.1 Å². The van der Waals surface area contributed by atoms with Gasteiger partial charge in [-0.25, -0.2) is 0 Å². The average Bonchev–Trinajstić information content (AvgIpc) is 3.12. The molecule has 1 N–H and O–H groups in total. The van der Waals surface area contributed by atoms with Crippen molar-refractivity contribution in [1.82, 2.24) is 10.2 Å². The number of rotatable bonds is 9. The topological polar surface area (TPSA) is 37.6 Å². The summed E-state index contributed by atoms with van der Waals surface area (Å²) in [7, 11) is 4.09. The van der Waals surface area contributed by atoms with Crippen LogP contribution in [0.25, 0.3) is 11.3 Å². The predicted octanol–water partition coefficient (Wildman–Crippen LogP) is 4.18. The van der Waals surface area contributed by atoms with Gasteiger partial charge in [0.15, 0.2) is 0 Å². The number of hydrogen-bond donors (Lipinski definition) is 1. The molecule has 0 fully saturated rings. The van der Waals surface area contributed by atoms with Crippen LogP contribution in [0.2, 0.25) is 0 Å². The molecule has 4 nitrogen and oxygen atoms in total. The van der Waals surface area contributed by atoms with Crippen LogP contribution in [0, 0.1) is 0 Å². The van der Waals surface area contributed by atoms with Crippen LogP contribution in [0.5, 0.6) is 5.75 Å². The Morgan fingerprint density at radius 3 is 2.58 bits per heavy atom. The summed E-state index contributed by atoms with van der Waals surface area (Å²) in [6.45, 7) is 3.06. The third kappa shape index (κ3) is 5.48. The second-order valence-electron chi connectivity index (χ2n) is 6.53. The van der Waals surface area contributed by atoms with Crippen LogP contribution in [0.1, 0.15) is 11.3 Å². The molecule has 0 amide bonds. The van der Waals surface area contributed by atoms with Crippen molar-refractivity contribution in [3.05, 3.63) is 78.1 Å². The summed E-state index contributed by atoms with van der Waals surface area (Å²) in [5.74, 6) is 2.75. The zero-order chi connectivity index (χ0) is 18.2. The molecule has 3 rings (SSSR count). The van der Waals surface area contributed by atoms with E-state index in [4.69, 9.17) is 9.15 Å². The molecule has 0 saturated heterocycles. The first kappa shape index (κ1) is 18.2. The molecule has 0 radical (unpaired) electrons. The molecular weight excluding hydrogens is 324 g/mol. The molecule has 0 aliphatic rings. The molecule has 4 heteroatoms. The zero-order valence-corrected chi connectivity index (χ0v) is 15.4. The van der Waals surface area contributed by atoms with Crippen molar-refractivity contribution in [3.63, 3.8) is 0 Å². The fraction of sp³-hybridized carbons (Fsp3) is 0.273. The molecule has 0 saturated carbocycles. The molecule has 0 spiro atoms. The van der Waals surface area contributed by atoms with Crippen molar-refractivity contribution in [2.45, 2.75) is 13.1 Å². The Bertz CT molecular complexity index is 797. The van der Waals surface area contributed by atoms with Crippen molar-refractivity contribution in [1.29, 1.82) is 0 Å². The van der Waals surface area contributed by atoms with Crippen LogP contribution < -0.4 is 10.1 Å². The third-order valence-corrected chi connectivity index (χ3v) is 4.05. The third-order valence-electron chi connectivity index (χ3n) is 4.05. The van der Waals surface area contributed by atoms with Crippen molar-refractivity contribution in [2.24, 2.45) is 0 Å². The summed E-state index contributed by atoms with van der Waals surface area (Å²) in [6, 6.07) is 22.4. The highest BCUT2D eigenvalue weighted by Crippen LogP contribution is 2.21. The van der Waals surface area contributed by atoms with E-state index in [-0.39, 0.29) is 0 Å². The van der Waals surface area contributed by atoms with Crippen molar-refractivity contribution < 1.29 is 9.15 Å². The molecule has 1 heterocycles. The lowest BCUT2D eigenvalue weighted by Gasteiger charge is -2.12. The quantitative estimate of drug-likeness (QED) is 0.628. The Balaban J connectivity index is 1.48. The molecule has 26 heavy (non-hydrogen) atoms. The Morgan fingerprint density at radius 2 is 1.77 bits per heavy atom. The van der Waals surface area contributed by atoms with Gasteiger partial charge in [-0.2, -0.15) is 0 Å². The second-order valence-corrected chi connectivity index (χ2v) is 6.53. The molecule has 1 aromatic heterocycles. The van der Waals surface area contributed by atoms with E-state index in [1.54, 1.807) is 0 Å². The van der Waals surface area contributed by atoms with Crippen molar-refractivity contribution >= 4 is 0 Å². The van der Waals surface area contributed by atoms with Crippen LogP contribution >= 0.6 is 0 Å². The van der Waals surface area contributed by atoms with Crippen LogP contribution in [-0.4, -0.2) is 32.1 Å². The summed E-state index contributed by atoms with van der Waals surface area (Å²) in [6.07, 6.45) is 0. The molecule has 0 unspecified atom stereocenters.